The van der Waals surface area contributed by atoms with E-state index in [1.807, 2.05) is 4.90 Å². The standard InChI is InChI=1S/C26H50N4O8/c1-5-35-22(31)9-13-26(14-10-23(32)36-6-2,21-29-18-17-28-16-15-27)30(19-11-24(33)37-7-3)20-12-25(34)38-8-4/h28-29H,5-21,27H2,1-4H3. The van der Waals surface area contributed by atoms with Crippen LogP contribution in [-0.2, 0) is 38.1 Å². The SMILES string of the molecule is CCOC(=O)CCN(CCC(=O)OCC)C(CCC(=O)OCC)(CCC(=O)OCC)CNCCNCCN. The number of nitrogens with two attached hydrogens (primary N) is 1. The lowest BCUT2D eigenvalue weighted by molar-refractivity contribution is -0.148. The monoisotopic (exact) mass is 546 g/mol. The Morgan fingerprint density at radius 1 is 0.632 bits per heavy atom. The van der Waals surface area contributed by atoms with Gasteiger partial charge in [0.1, 0.15) is 0 Å². The van der Waals surface area contributed by atoms with E-state index >= 15 is 0 Å². The van der Waals surface area contributed by atoms with Crippen LogP contribution in [0.25, 0.3) is 0 Å². The lowest BCUT2D eigenvalue weighted by Gasteiger charge is -2.44. The van der Waals surface area contributed by atoms with Gasteiger partial charge in [-0.2, -0.15) is 0 Å². The van der Waals surface area contributed by atoms with E-state index in [2.05, 4.69) is 10.6 Å². The number of carbonyl (C=O) groups is 4. The van der Waals surface area contributed by atoms with Crippen LogP contribution in [0.15, 0.2) is 0 Å². The fraction of sp³-hybridized carbons (Fsp3) is 0.846. The van der Waals surface area contributed by atoms with Crippen LogP contribution in [0, 0.1) is 0 Å². The number of rotatable bonds is 24. The highest BCUT2D eigenvalue weighted by molar-refractivity contribution is 5.71. The quantitative estimate of drug-likeness (QED) is 0.0888. The van der Waals surface area contributed by atoms with Gasteiger partial charge in [-0.15, -0.1) is 0 Å². The third kappa shape index (κ3) is 16.5. The Hall–Kier alpha value is -2.28. The summed E-state index contributed by atoms with van der Waals surface area (Å²) < 4.78 is 20.6. The number of hydrogen-bond donors (Lipinski definition) is 3. The summed E-state index contributed by atoms with van der Waals surface area (Å²) in [7, 11) is 0. The van der Waals surface area contributed by atoms with Crippen LogP contribution in [0.2, 0.25) is 0 Å². The van der Waals surface area contributed by atoms with E-state index in [1.54, 1.807) is 27.7 Å². The minimum absolute atomic E-state index is 0.0925. The summed E-state index contributed by atoms with van der Waals surface area (Å²) in [4.78, 5) is 51.3. The molecule has 12 nitrogen and oxygen atoms in total. The highest BCUT2D eigenvalue weighted by atomic mass is 16.5. The predicted molar refractivity (Wildman–Crippen MR) is 143 cm³/mol. The molecule has 0 fully saturated rings. The lowest BCUT2D eigenvalue weighted by atomic mass is 9.85. The van der Waals surface area contributed by atoms with E-state index in [0.29, 0.717) is 45.6 Å². The van der Waals surface area contributed by atoms with Crippen molar-refractivity contribution in [3.8, 4) is 0 Å². The van der Waals surface area contributed by atoms with E-state index in [4.69, 9.17) is 24.7 Å². The number of carbonyl (C=O) groups excluding carboxylic acids is 4. The zero-order valence-corrected chi connectivity index (χ0v) is 23.8. The molecule has 0 amide bonds. The van der Waals surface area contributed by atoms with Gasteiger partial charge in [0.2, 0.25) is 0 Å². The van der Waals surface area contributed by atoms with Crippen LogP contribution >= 0.6 is 0 Å². The largest absolute Gasteiger partial charge is 0.466 e. The molecule has 0 aliphatic carbocycles. The molecule has 0 unspecified atom stereocenters. The van der Waals surface area contributed by atoms with Gasteiger partial charge in [-0.25, -0.2) is 0 Å². The molecule has 4 N–H and O–H groups in total. The summed E-state index contributed by atoms with van der Waals surface area (Å²) in [6.45, 7) is 11.5. The van der Waals surface area contributed by atoms with Gasteiger partial charge in [0, 0.05) is 64.2 Å². The minimum atomic E-state index is -0.758. The number of hydrogen-bond acceptors (Lipinski definition) is 12. The molecule has 0 aliphatic rings. The topological polar surface area (TPSA) is 159 Å². The van der Waals surface area contributed by atoms with Crippen LogP contribution in [0.5, 0.6) is 0 Å². The second kappa shape index (κ2) is 22.7. The second-order valence-electron chi connectivity index (χ2n) is 8.65. The molecule has 0 radical (unpaired) electrons. The molecule has 38 heavy (non-hydrogen) atoms. The zero-order valence-electron chi connectivity index (χ0n) is 23.8. The first-order chi connectivity index (χ1) is 18.3. The fourth-order valence-corrected chi connectivity index (χ4v) is 4.10. The van der Waals surface area contributed by atoms with Crippen LogP contribution < -0.4 is 16.4 Å². The maximum absolute atomic E-state index is 12.4. The molecule has 0 rings (SSSR count). The van der Waals surface area contributed by atoms with Gasteiger partial charge >= 0.3 is 23.9 Å². The molecule has 0 saturated heterocycles. The van der Waals surface area contributed by atoms with Crippen molar-refractivity contribution in [2.75, 3.05) is 72.2 Å². The van der Waals surface area contributed by atoms with E-state index in [0.717, 1.165) is 0 Å². The number of esters is 4. The highest BCUT2D eigenvalue weighted by Crippen LogP contribution is 2.29. The van der Waals surface area contributed by atoms with Crippen molar-refractivity contribution in [1.29, 1.82) is 0 Å². The summed E-state index contributed by atoms with van der Waals surface area (Å²) in [5.41, 5.74) is 4.79. The average molecular weight is 547 g/mol. The first-order valence-corrected chi connectivity index (χ1v) is 13.8. The third-order valence-corrected chi connectivity index (χ3v) is 5.91. The van der Waals surface area contributed by atoms with Crippen molar-refractivity contribution in [1.82, 2.24) is 15.5 Å². The molecule has 12 heteroatoms. The Kier molecular flexibility index (Phi) is 21.3. The number of nitrogens with zero attached hydrogens (tertiary/aromatic N) is 1. The molecule has 222 valence electrons. The molecule has 0 atom stereocenters. The molecule has 0 aromatic heterocycles. The van der Waals surface area contributed by atoms with Crippen LogP contribution in [-0.4, -0.2) is 107 Å². The Morgan fingerprint density at radius 3 is 1.42 bits per heavy atom. The highest BCUT2D eigenvalue weighted by Gasteiger charge is 2.38. The van der Waals surface area contributed by atoms with Gasteiger partial charge in [0.15, 0.2) is 0 Å². The summed E-state index contributed by atoms with van der Waals surface area (Å²) in [6.07, 6.45) is 1.10. The Balaban J connectivity index is 6.08. The van der Waals surface area contributed by atoms with Crippen molar-refractivity contribution in [3.05, 3.63) is 0 Å². The summed E-state index contributed by atoms with van der Waals surface area (Å²) >= 11 is 0. The molecule has 0 heterocycles. The van der Waals surface area contributed by atoms with Crippen molar-refractivity contribution >= 4 is 23.9 Å². The molecule has 0 aliphatic heterocycles. The Labute approximate surface area is 227 Å². The molecule has 0 aromatic rings. The van der Waals surface area contributed by atoms with Crippen molar-refractivity contribution in [2.45, 2.75) is 71.8 Å². The smallest absolute Gasteiger partial charge is 0.307 e. The van der Waals surface area contributed by atoms with Crippen LogP contribution in [0.4, 0.5) is 0 Å². The second-order valence-corrected chi connectivity index (χ2v) is 8.65. The van der Waals surface area contributed by atoms with E-state index in [-0.39, 0.29) is 89.1 Å². The first kappa shape index (κ1) is 35.7. The number of ether oxygens (including phenoxy) is 4. The van der Waals surface area contributed by atoms with E-state index in [9.17, 15) is 19.2 Å². The van der Waals surface area contributed by atoms with Crippen molar-refractivity contribution in [3.63, 3.8) is 0 Å². The zero-order chi connectivity index (χ0) is 28.7. The van der Waals surface area contributed by atoms with Gasteiger partial charge in [-0.1, -0.05) is 0 Å². The minimum Gasteiger partial charge on any atom is -0.466 e. The molecular weight excluding hydrogens is 496 g/mol. The van der Waals surface area contributed by atoms with E-state index in [1.165, 1.54) is 0 Å². The average Bonchev–Trinajstić information content (AvgIpc) is 2.88. The fourth-order valence-electron chi connectivity index (χ4n) is 4.10. The Morgan fingerprint density at radius 2 is 1.03 bits per heavy atom. The predicted octanol–water partition coefficient (Wildman–Crippen LogP) is 0.758. The van der Waals surface area contributed by atoms with Gasteiger partial charge in [0.05, 0.1) is 39.3 Å². The molecule has 0 aromatic carbocycles. The van der Waals surface area contributed by atoms with Gasteiger partial charge in [-0.05, 0) is 40.5 Å². The molecular formula is C26H50N4O8. The maximum Gasteiger partial charge on any atom is 0.307 e. The van der Waals surface area contributed by atoms with Crippen LogP contribution in [0.3, 0.4) is 0 Å². The molecule has 0 bridgehead atoms. The van der Waals surface area contributed by atoms with Gasteiger partial charge in [0.25, 0.3) is 0 Å². The van der Waals surface area contributed by atoms with Crippen LogP contribution in [0.1, 0.15) is 66.2 Å². The molecule has 0 saturated carbocycles. The normalized spacial score (nSPS) is 11.3. The first-order valence-electron chi connectivity index (χ1n) is 13.8. The maximum atomic E-state index is 12.4. The van der Waals surface area contributed by atoms with Crippen molar-refractivity contribution < 1.29 is 38.1 Å². The van der Waals surface area contributed by atoms with Gasteiger partial charge < -0.3 is 35.3 Å². The number of nitrogens with one attached hydrogen (secondary N) is 2. The van der Waals surface area contributed by atoms with E-state index < -0.39 is 5.54 Å². The Bertz CT molecular complexity index is 634. The van der Waals surface area contributed by atoms with Crippen molar-refractivity contribution in [2.24, 2.45) is 5.73 Å². The lowest BCUT2D eigenvalue weighted by Crippen LogP contribution is -2.57. The third-order valence-electron chi connectivity index (χ3n) is 5.91. The summed E-state index contributed by atoms with van der Waals surface area (Å²) in [5.74, 6) is -1.43. The molecule has 0 spiro atoms. The summed E-state index contributed by atoms with van der Waals surface area (Å²) in [6, 6.07) is 0. The summed E-state index contributed by atoms with van der Waals surface area (Å²) in [5, 5.41) is 6.64. The van der Waals surface area contributed by atoms with Gasteiger partial charge in [-0.3, -0.25) is 24.1 Å².